The highest BCUT2D eigenvalue weighted by Crippen LogP contribution is 2.32. The van der Waals surface area contributed by atoms with Crippen LogP contribution in [0.5, 0.6) is 0 Å². The van der Waals surface area contributed by atoms with Crippen LogP contribution < -0.4 is 5.32 Å². The third-order valence-corrected chi connectivity index (χ3v) is 4.34. The molecule has 1 fully saturated rings. The standard InChI is InChI=1S/C16H16N6O2S/c1-3-22-15(24)14(25-16(22)20-21-9-17-18-10-21)8-12-4-6-13(7-5-12)19-11(2)23/h4-10H,3H2,1-2H3,(H,19,23). The van der Waals surface area contributed by atoms with Crippen molar-refractivity contribution in [1.82, 2.24) is 19.8 Å². The van der Waals surface area contributed by atoms with Gasteiger partial charge in [0.05, 0.1) is 4.91 Å². The highest BCUT2D eigenvalue weighted by atomic mass is 32.2. The van der Waals surface area contributed by atoms with Crippen molar-refractivity contribution in [2.45, 2.75) is 13.8 Å². The van der Waals surface area contributed by atoms with E-state index in [1.165, 1.54) is 36.0 Å². The topological polar surface area (TPSA) is 92.5 Å². The number of aromatic nitrogens is 3. The summed E-state index contributed by atoms with van der Waals surface area (Å²) in [4.78, 5) is 25.8. The third kappa shape index (κ3) is 3.94. The van der Waals surface area contributed by atoms with Gasteiger partial charge >= 0.3 is 0 Å². The van der Waals surface area contributed by atoms with Gasteiger partial charge in [0, 0.05) is 19.2 Å². The second-order valence-electron chi connectivity index (χ2n) is 5.19. The van der Waals surface area contributed by atoms with Crippen LogP contribution in [0.1, 0.15) is 19.4 Å². The Labute approximate surface area is 148 Å². The number of nitrogens with zero attached hydrogens (tertiary/aromatic N) is 5. The highest BCUT2D eigenvalue weighted by molar-refractivity contribution is 8.18. The fourth-order valence-electron chi connectivity index (χ4n) is 2.22. The average Bonchev–Trinajstić information content (AvgIpc) is 3.18. The van der Waals surface area contributed by atoms with Gasteiger partial charge in [-0.15, -0.1) is 15.3 Å². The Balaban J connectivity index is 1.83. The van der Waals surface area contributed by atoms with E-state index >= 15 is 0 Å². The zero-order valence-corrected chi connectivity index (χ0v) is 14.5. The minimum Gasteiger partial charge on any atom is -0.326 e. The number of amides is 2. The molecule has 0 radical (unpaired) electrons. The first-order valence-corrected chi connectivity index (χ1v) is 8.41. The smallest absolute Gasteiger partial charge is 0.266 e. The average molecular weight is 356 g/mol. The van der Waals surface area contributed by atoms with Crippen molar-refractivity contribution in [3.63, 3.8) is 0 Å². The summed E-state index contributed by atoms with van der Waals surface area (Å²) in [7, 11) is 0. The van der Waals surface area contributed by atoms with Gasteiger partial charge in [0.2, 0.25) is 5.91 Å². The van der Waals surface area contributed by atoms with Crippen LogP contribution in [0.3, 0.4) is 0 Å². The number of hydrogen-bond donors (Lipinski definition) is 1. The summed E-state index contributed by atoms with van der Waals surface area (Å²) >= 11 is 1.30. The van der Waals surface area contributed by atoms with Gasteiger partial charge in [0.25, 0.3) is 5.91 Å². The molecule has 0 unspecified atom stereocenters. The summed E-state index contributed by atoms with van der Waals surface area (Å²) < 4.78 is 1.46. The predicted molar refractivity (Wildman–Crippen MR) is 96.6 cm³/mol. The Kier molecular flexibility index (Phi) is 4.94. The molecule has 1 aromatic heterocycles. The molecule has 2 amide bonds. The normalized spacial score (nSPS) is 17.5. The van der Waals surface area contributed by atoms with E-state index in [0.717, 1.165) is 5.56 Å². The Morgan fingerprint density at radius 3 is 2.56 bits per heavy atom. The molecule has 25 heavy (non-hydrogen) atoms. The maximum Gasteiger partial charge on any atom is 0.266 e. The first-order chi connectivity index (χ1) is 12.1. The number of thioether (sulfide) groups is 1. The second kappa shape index (κ2) is 7.31. The van der Waals surface area contributed by atoms with Gasteiger partial charge < -0.3 is 5.32 Å². The molecule has 0 saturated carbocycles. The van der Waals surface area contributed by atoms with Crippen LogP contribution in [-0.4, -0.2) is 43.3 Å². The molecule has 8 nitrogen and oxygen atoms in total. The molecular formula is C16H16N6O2S. The molecule has 0 bridgehead atoms. The number of rotatable bonds is 4. The lowest BCUT2D eigenvalue weighted by Crippen LogP contribution is -2.29. The predicted octanol–water partition coefficient (Wildman–Crippen LogP) is 1.99. The van der Waals surface area contributed by atoms with Crippen LogP contribution >= 0.6 is 11.8 Å². The van der Waals surface area contributed by atoms with Crippen molar-refractivity contribution < 1.29 is 9.59 Å². The second-order valence-corrected chi connectivity index (χ2v) is 6.20. The van der Waals surface area contributed by atoms with E-state index < -0.39 is 0 Å². The van der Waals surface area contributed by atoms with Crippen LogP contribution in [0.25, 0.3) is 6.08 Å². The molecular weight excluding hydrogens is 340 g/mol. The minimum absolute atomic E-state index is 0.0924. The molecule has 0 atom stereocenters. The lowest BCUT2D eigenvalue weighted by molar-refractivity contribution is -0.122. The van der Waals surface area contributed by atoms with Crippen LogP contribution in [0.15, 0.2) is 46.9 Å². The molecule has 2 aromatic rings. The maximum absolute atomic E-state index is 12.6. The number of benzene rings is 1. The van der Waals surface area contributed by atoms with Gasteiger partial charge in [-0.25, -0.2) is 4.68 Å². The first kappa shape index (κ1) is 16.9. The highest BCUT2D eigenvalue weighted by Gasteiger charge is 2.32. The van der Waals surface area contributed by atoms with Gasteiger partial charge in [-0.2, -0.15) is 0 Å². The number of likely N-dealkylation sites (N-methyl/N-ethyl adjacent to an activating group) is 1. The number of anilines is 1. The van der Waals surface area contributed by atoms with Gasteiger partial charge in [0.15, 0.2) is 5.17 Å². The Hall–Kier alpha value is -2.94. The van der Waals surface area contributed by atoms with Crippen LogP contribution in [0, 0.1) is 0 Å². The molecule has 3 rings (SSSR count). The quantitative estimate of drug-likeness (QED) is 0.846. The minimum atomic E-state index is -0.124. The molecule has 1 N–H and O–H groups in total. The largest absolute Gasteiger partial charge is 0.326 e. The summed E-state index contributed by atoms with van der Waals surface area (Å²) in [6.45, 7) is 3.87. The Morgan fingerprint density at radius 2 is 1.96 bits per heavy atom. The van der Waals surface area contributed by atoms with Crippen LogP contribution in [0.4, 0.5) is 5.69 Å². The van der Waals surface area contributed by atoms with E-state index in [2.05, 4.69) is 20.6 Å². The third-order valence-electron chi connectivity index (χ3n) is 3.34. The van der Waals surface area contributed by atoms with E-state index in [4.69, 9.17) is 0 Å². The van der Waals surface area contributed by atoms with Crippen molar-refractivity contribution >= 4 is 40.5 Å². The van der Waals surface area contributed by atoms with Crippen molar-refractivity contribution in [2.24, 2.45) is 5.10 Å². The van der Waals surface area contributed by atoms with Gasteiger partial charge in [-0.3, -0.25) is 14.5 Å². The SMILES string of the molecule is CCN1C(=O)C(=Cc2ccc(NC(C)=O)cc2)SC1=Nn1cnnc1. The molecule has 1 saturated heterocycles. The molecule has 1 aliphatic rings. The van der Waals surface area contributed by atoms with Crippen molar-refractivity contribution in [2.75, 3.05) is 11.9 Å². The summed E-state index contributed by atoms with van der Waals surface area (Å²) in [6, 6.07) is 7.28. The zero-order chi connectivity index (χ0) is 17.8. The van der Waals surface area contributed by atoms with E-state index in [1.54, 1.807) is 17.0 Å². The summed E-state index contributed by atoms with van der Waals surface area (Å²) in [5.41, 5.74) is 1.58. The maximum atomic E-state index is 12.6. The molecule has 1 aliphatic heterocycles. The Morgan fingerprint density at radius 1 is 1.28 bits per heavy atom. The number of carbonyl (C=O) groups excluding carboxylic acids is 2. The molecule has 0 spiro atoms. The fraction of sp³-hybridized carbons (Fsp3) is 0.188. The molecule has 9 heteroatoms. The van der Waals surface area contributed by atoms with E-state index in [1.807, 2.05) is 25.1 Å². The van der Waals surface area contributed by atoms with E-state index in [9.17, 15) is 9.59 Å². The number of carbonyl (C=O) groups is 2. The zero-order valence-electron chi connectivity index (χ0n) is 13.7. The molecule has 0 aliphatic carbocycles. The summed E-state index contributed by atoms with van der Waals surface area (Å²) in [5, 5.41) is 15.0. The number of amidine groups is 1. The number of hydrogen-bond acceptors (Lipinski definition) is 6. The van der Waals surface area contributed by atoms with Gasteiger partial charge in [-0.05, 0) is 42.5 Å². The van der Waals surface area contributed by atoms with Crippen molar-refractivity contribution in [1.29, 1.82) is 0 Å². The monoisotopic (exact) mass is 356 g/mol. The fourth-order valence-corrected chi connectivity index (χ4v) is 3.27. The van der Waals surface area contributed by atoms with E-state index in [-0.39, 0.29) is 11.8 Å². The Bertz CT molecular complexity index is 842. The van der Waals surface area contributed by atoms with Crippen molar-refractivity contribution in [3.8, 4) is 0 Å². The molecule has 128 valence electrons. The molecule has 1 aromatic carbocycles. The molecule has 2 heterocycles. The summed E-state index contributed by atoms with van der Waals surface area (Å²) in [6.07, 6.45) is 4.74. The van der Waals surface area contributed by atoms with Gasteiger partial charge in [0.1, 0.15) is 12.7 Å². The van der Waals surface area contributed by atoms with Gasteiger partial charge in [-0.1, -0.05) is 12.1 Å². The van der Waals surface area contributed by atoms with E-state index in [0.29, 0.717) is 22.3 Å². The van der Waals surface area contributed by atoms with Crippen LogP contribution in [0.2, 0.25) is 0 Å². The van der Waals surface area contributed by atoms with Crippen molar-refractivity contribution in [3.05, 3.63) is 47.4 Å². The number of nitrogens with one attached hydrogen (secondary N) is 1. The lowest BCUT2D eigenvalue weighted by atomic mass is 10.2. The van der Waals surface area contributed by atoms with Crippen LogP contribution in [-0.2, 0) is 9.59 Å². The lowest BCUT2D eigenvalue weighted by Gasteiger charge is -2.11. The summed E-state index contributed by atoms with van der Waals surface area (Å²) in [5.74, 6) is -0.216. The first-order valence-electron chi connectivity index (χ1n) is 7.59.